The lowest BCUT2D eigenvalue weighted by atomic mass is 9.93. The summed E-state index contributed by atoms with van der Waals surface area (Å²) in [6.07, 6.45) is 3.51. The Labute approximate surface area is 81.1 Å². The first-order valence-corrected chi connectivity index (χ1v) is 5.17. The second-order valence-electron chi connectivity index (χ2n) is 3.47. The Bertz CT molecular complexity index is 153. The maximum Gasteiger partial charge on any atom is 0.240 e. The minimum absolute atomic E-state index is 0.00838. The number of rotatable bonds is 6. The maximum absolute atomic E-state index is 11.6. The van der Waals surface area contributed by atoms with E-state index in [1.165, 1.54) is 0 Å². The molecular weight excluding hydrogens is 164 g/mol. The van der Waals surface area contributed by atoms with Gasteiger partial charge in [-0.3, -0.25) is 4.79 Å². The van der Waals surface area contributed by atoms with Gasteiger partial charge in [-0.2, -0.15) is 0 Å². The highest BCUT2D eigenvalue weighted by molar-refractivity contribution is 5.85. The molecule has 3 heteroatoms. The Hall–Kier alpha value is -0.570. The highest BCUT2D eigenvalue weighted by Gasteiger charge is 2.28. The highest BCUT2D eigenvalue weighted by Crippen LogP contribution is 2.10. The molecule has 0 unspecified atom stereocenters. The molecule has 0 radical (unpaired) electrons. The van der Waals surface area contributed by atoms with Crippen LogP contribution < -0.4 is 11.1 Å². The average molecular weight is 186 g/mol. The second-order valence-corrected chi connectivity index (χ2v) is 3.47. The van der Waals surface area contributed by atoms with Gasteiger partial charge in [0, 0.05) is 6.54 Å². The van der Waals surface area contributed by atoms with Crippen molar-refractivity contribution in [2.24, 2.45) is 5.73 Å². The molecule has 0 spiro atoms. The molecule has 13 heavy (non-hydrogen) atoms. The third-order valence-corrected chi connectivity index (χ3v) is 2.53. The normalized spacial score (nSPS) is 11.4. The van der Waals surface area contributed by atoms with Crippen LogP contribution in [0.5, 0.6) is 0 Å². The molecule has 0 saturated heterocycles. The highest BCUT2D eigenvalue weighted by atomic mass is 16.2. The van der Waals surface area contributed by atoms with Crippen LogP contribution in [0.4, 0.5) is 0 Å². The zero-order chi connectivity index (χ0) is 10.3. The van der Waals surface area contributed by atoms with Crippen molar-refractivity contribution in [3.05, 3.63) is 0 Å². The van der Waals surface area contributed by atoms with Gasteiger partial charge in [-0.05, 0) is 19.3 Å². The molecule has 0 atom stereocenters. The van der Waals surface area contributed by atoms with Crippen molar-refractivity contribution in [3.8, 4) is 0 Å². The molecule has 0 aliphatic carbocycles. The zero-order valence-corrected chi connectivity index (χ0v) is 9.02. The van der Waals surface area contributed by atoms with Crippen LogP contribution >= 0.6 is 0 Å². The summed E-state index contributed by atoms with van der Waals surface area (Å²) in [7, 11) is 0. The SMILES string of the molecule is CCCCNC(=O)C(N)(CC)CC. The van der Waals surface area contributed by atoms with Crippen molar-refractivity contribution >= 4 is 5.91 Å². The lowest BCUT2D eigenvalue weighted by molar-refractivity contribution is -0.126. The van der Waals surface area contributed by atoms with Crippen LogP contribution in [-0.2, 0) is 4.79 Å². The van der Waals surface area contributed by atoms with Crippen LogP contribution in [0, 0.1) is 0 Å². The van der Waals surface area contributed by atoms with E-state index in [2.05, 4.69) is 12.2 Å². The van der Waals surface area contributed by atoms with Crippen molar-refractivity contribution in [2.45, 2.75) is 52.0 Å². The smallest absolute Gasteiger partial charge is 0.240 e. The molecule has 3 N–H and O–H groups in total. The van der Waals surface area contributed by atoms with Gasteiger partial charge in [0.1, 0.15) is 0 Å². The van der Waals surface area contributed by atoms with Crippen LogP contribution in [0.25, 0.3) is 0 Å². The molecule has 0 aromatic heterocycles. The molecular formula is C10H22N2O. The molecule has 0 heterocycles. The Morgan fingerprint density at radius 3 is 2.23 bits per heavy atom. The Balaban J connectivity index is 3.92. The van der Waals surface area contributed by atoms with E-state index in [0.717, 1.165) is 19.4 Å². The van der Waals surface area contributed by atoms with Gasteiger partial charge in [-0.1, -0.05) is 27.2 Å². The molecule has 0 aromatic rings. The van der Waals surface area contributed by atoms with Gasteiger partial charge in [0.15, 0.2) is 0 Å². The molecule has 0 fully saturated rings. The van der Waals surface area contributed by atoms with Crippen LogP contribution in [0.3, 0.4) is 0 Å². The second kappa shape index (κ2) is 5.97. The van der Waals surface area contributed by atoms with E-state index in [4.69, 9.17) is 5.73 Å². The number of nitrogens with two attached hydrogens (primary N) is 1. The Morgan fingerprint density at radius 2 is 1.85 bits per heavy atom. The first-order chi connectivity index (χ1) is 6.10. The predicted molar refractivity (Wildman–Crippen MR) is 55.4 cm³/mol. The number of unbranched alkanes of at least 4 members (excludes halogenated alkanes) is 1. The Kier molecular flexibility index (Phi) is 5.71. The summed E-state index contributed by atoms with van der Waals surface area (Å²) in [6.45, 7) is 6.74. The molecule has 3 nitrogen and oxygen atoms in total. The van der Waals surface area contributed by atoms with Gasteiger partial charge < -0.3 is 11.1 Å². The van der Waals surface area contributed by atoms with E-state index in [9.17, 15) is 4.79 Å². The molecule has 78 valence electrons. The standard InChI is InChI=1S/C10H22N2O/c1-4-7-8-12-9(13)10(11,5-2)6-3/h4-8,11H2,1-3H3,(H,12,13). The summed E-state index contributed by atoms with van der Waals surface area (Å²) in [5.74, 6) is -0.00838. The molecule has 1 amide bonds. The summed E-state index contributed by atoms with van der Waals surface area (Å²) < 4.78 is 0. The van der Waals surface area contributed by atoms with E-state index < -0.39 is 5.54 Å². The predicted octanol–water partition coefficient (Wildman–Crippen LogP) is 1.42. The van der Waals surface area contributed by atoms with Crippen LogP contribution in [0.2, 0.25) is 0 Å². The average Bonchev–Trinajstić information content (AvgIpc) is 2.17. The summed E-state index contributed by atoms with van der Waals surface area (Å²) in [5, 5.41) is 2.86. The summed E-state index contributed by atoms with van der Waals surface area (Å²) in [6, 6.07) is 0. The van der Waals surface area contributed by atoms with Gasteiger partial charge in [0.05, 0.1) is 5.54 Å². The number of carbonyl (C=O) groups is 1. The van der Waals surface area contributed by atoms with E-state index in [-0.39, 0.29) is 5.91 Å². The van der Waals surface area contributed by atoms with Crippen LogP contribution in [-0.4, -0.2) is 18.0 Å². The van der Waals surface area contributed by atoms with Crippen molar-refractivity contribution in [3.63, 3.8) is 0 Å². The topological polar surface area (TPSA) is 55.1 Å². The van der Waals surface area contributed by atoms with Crippen LogP contribution in [0.1, 0.15) is 46.5 Å². The number of amides is 1. The van der Waals surface area contributed by atoms with Gasteiger partial charge >= 0.3 is 0 Å². The quantitative estimate of drug-likeness (QED) is 0.616. The lowest BCUT2D eigenvalue weighted by Crippen LogP contribution is -2.53. The van der Waals surface area contributed by atoms with E-state index in [1.54, 1.807) is 0 Å². The molecule has 0 rings (SSSR count). The minimum Gasteiger partial charge on any atom is -0.355 e. The van der Waals surface area contributed by atoms with Crippen molar-refractivity contribution in [2.75, 3.05) is 6.54 Å². The van der Waals surface area contributed by atoms with Crippen LogP contribution in [0.15, 0.2) is 0 Å². The summed E-state index contributed by atoms with van der Waals surface area (Å²) >= 11 is 0. The van der Waals surface area contributed by atoms with E-state index >= 15 is 0 Å². The lowest BCUT2D eigenvalue weighted by Gasteiger charge is -2.25. The zero-order valence-electron chi connectivity index (χ0n) is 9.02. The fraction of sp³-hybridized carbons (Fsp3) is 0.900. The molecule has 0 bridgehead atoms. The van der Waals surface area contributed by atoms with Gasteiger partial charge in [0.2, 0.25) is 5.91 Å². The molecule has 0 aromatic carbocycles. The largest absolute Gasteiger partial charge is 0.355 e. The van der Waals surface area contributed by atoms with Gasteiger partial charge in [-0.15, -0.1) is 0 Å². The number of carbonyl (C=O) groups excluding carboxylic acids is 1. The number of nitrogens with one attached hydrogen (secondary N) is 1. The fourth-order valence-electron chi connectivity index (χ4n) is 1.13. The first-order valence-electron chi connectivity index (χ1n) is 5.17. The third kappa shape index (κ3) is 3.77. The summed E-state index contributed by atoms with van der Waals surface area (Å²) in [4.78, 5) is 11.6. The van der Waals surface area contributed by atoms with Gasteiger partial charge in [-0.25, -0.2) is 0 Å². The maximum atomic E-state index is 11.6. The van der Waals surface area contributed by atoms with Gasteiger partial charge in [0.25, 0.3) is 0 Å². The number of hydrogen-bond acceptors (Lipinski definition) is 2. The monoisotopic (exact) mass is 186 g/mol. The Morgan fingerprint density at radius 1 is 1.31 bits per heavy atom. The minimum atomic E-state index is -0.659. The van der Waals surface area contributed by atoms with Crippen molar-refractivity contribution in [1.29, 1.82) is 0 Å². The fourth-order valence-corrected chi connectivity index (χ4v) is 1.13. The number of hydrogen-bond donors (Lipinski definition) is 2. The molecule has 0 aliphatic heterocycles. The van der Waals surface area contributed by atoms with E-state index in [1.807, 2.05) is 13.8 Å². The van der Waals surface area contributed by atoms with E-state index in [0.29, 0.717) is 12.8 Å². The first kappa shape index (κ1) is 12.4. The van der Waals surface area contributed by atoms with Crippen molar-refractivity contribution < 1.29 is 4.79 Å². The third-order valence-electron chi connectivity index (χ3n) is 2.53. The molecule has 0 saturated carbocycles. The summed E-state index contributed by atoms with van der Waals surface area (Å²) in [5.41, 5.74) is 5.25. The van der Waals surface area contributed by atoms with Crippen molar-refractivity contribution in [1.82, 2.24) is 5.32 Å². The molecule has 0 aliphatic rings.